The Morgan fingerprint density at radius 1 is 0.444 bits per heavy atom. The van der Waals surface area contributed by atoms with Gasteiger partial charge in [-0.1, -0.05) is 152 Å². The van der Waals surface area contributed by atoms with E-state index < -0.39 is 5.60 Å². The van der Waals surface area contributed by atoms with Crippen LogP contribution in [0.25, 0.3) is 11.1 Å². The molecule has 0 unspecified atom stereocenters. The zero-order chi connectivity index (χ0) is 24.4. The Bertz CT molecular complexity index is 1460. The van der Waals surface area contributed by atoms with Crippen LogP contribution in [0, 0.1) is 0 Å². The largest absolute Gasteiger partial charge is 0.380 e. The second-order valence-corrected chi connectivity index (χ2v) is 9.43. The predicted molar refractivity (Wildman–Crippen MR) is 148 cm³/mol. The summed E-state index contributed by atoms with van der Waals surface area (Å²) in [4.78, 5) is 0. The summed E-state index contributed by atoms with van der Waals surface area (Å²) in [5, 5.41) is 13.2. The number of rotatable bonds is 5. The van der Waals surface area contributed by atoms with Gasteiger partial charge in [0.05, 0.1) is 0 Å². The third-order valence-electron chi connectivity index (χ3n) is 7.42. The van der Waals surface area contributed by atoms with Crippen molar-refractivity contribution in [2.24, 2.45) is 0 Å². The molecule has 5 aromatic carbocycles. The summed E-state index contributed by atoms with van der Waals surface area (Å²) in [5.74, 6) is -0.259. The highest BCUT2D eigenvalue weighted by Gasteiger charge is 2.55. The average Bonchev–Trinajstić information content (AvgIpc) is 3.25. The molecular weight excluding hydrogens is 436 g/mol. The Labute approximate surface area is 213 Å². The fourth-order valence-electron chi connectivity index (χ4n) is 5.98. The SMILES string of the molecule is O[C@@]1(c2ccccc2)C(c2ccccc2)=C(c2ccccc2)[C@H](c2ccccc2)[C@@H]1c1ccccc1. The van der Waals surface area contributed by atoms with Gasteiger partial charge >= 0.3 is 0 Å². The first kappa shape index (κ1) is 22.3. The molecule has 0 aromatic heterocycles. The molecule has 0 fully saturated rings. The summed E-state index contributed by atoms with van der Waals surface area (Å²) >= 11 is 0. The van der Waals surface area contributed by atoms with Gasteiger partial charge in [0.15, 0.2) is 0 Å². The quantitative estimate of drug-likeness (QED) is 0.279. The molecule has 3 atom stereocenters. The highest BCUT2D eigenvalue weighted by molar-refractivity contribution is 6.01. The molecule has 1 aliphatic carbocycles. The van der Waals surface area contributed by atoms with Crippen molar-refractivity contribution in [3.63, 3.8) is 0 Å². The van der Waals surface area contributed by atoms with Crippen LogP contribution < -0.4 is 0 Å². The van der Waals surface area contributed by atoms with Gasteiger partial charge in [0.25, 0.3) is 0 Å². The van der Waals surface area contributed by atoms with Crippen molar-refractivity contribution in [2.75, 3.05) is 0 Å². The molecule has 174 valence electrons. The average molecular weight is 465 g/mol. The summed E-state index contributed by atoms with van der Waals surface area (Å²) in [6.07, 6.45) is 0. The topological polar surface area (TPSA) is 20.2 Å². The Morgan fingerprint density at radius 2 is 0.861 bits per heavy atom. The maximum Gasteiger partial charge on any atom is 0.123 e. The van der Waals surface area contributed by atoms with E-state index in [1.54, 1.807) is 0 Å². The summed E-state index contributed by atoms with van der Waals surface area (Å²) in [5.41, 5.74) is 6.32. The monoisotopic (exact) mass is 464 g/mol. The van der Waals surface area contributed by atoms with Gasteiger partial charge in [-0.25, -0.2) is 0 Å². The van der Waals surface area contributed by atoms with Crippen LogP contribution in [0.2, 0.25) is 0 Å². The lowest BCUT2D eigenvalue weighted by Crippen LogP contribution is -2.33. The number of allylic oxidation sites excluding steroid dienone is 1. The summed E-state index contributed by atoms with van der Waals surface area (Å²) < 4.78 is 0. The van der Waals surface area contributed by atoms with Gasteiger partial charge in [-0.3, -0.25) is 0 Å². The van der Waals surface area contributed by atoms with Gasteiger partial charge in [0.1, 0.15) is 5.60 Å². The molecule has 0 radical (unpaired) electrons. The molecule has 1 heteroatoms. The van der Waals surface area contributed by atoms with E-state index in [2.05, 4.69) is 121 Å². The number of aliphatic hydroxyl groups is 1. The third-order valence-corrected chi connectivity index (χ3v) is 7.42. The van der Waals surface area contributed by atoms with Crippen LogP contribution in [0.15, 0.2) is 152 Å². The minimum absolute atomic E-state index is 0.0450. The van der Waals surface area contributed by atoms with E-state index in [1.165, 1.54) is 11.1 Å². The lowest BCUT2D eigenvalue weighted by atomic mass is 9.70. The lowest BCUT2D eigenvalue weighted by Gasteiger charge is -2.37. The van der Waals surface area contributed by atoms with Crippen molar-refractivity contribution in [3.05, 3.63) is 179 Å². The number of hydrogen-bond acceptors (Lipinski definition) is 1. The zero-order valence-electron chi connectivity index (χ0n) is 20.0. The maximum absolute atomic E-state index is 13.2. The molecule has 6 rings (SSSR count). The van der Waals surface area contributed by atoms with Crippen molar-refractivity contribution >= 4 is 11.1 Å². The molecule has 1 N–H and O–H groups in total. The Hall–Kier alpha value is -4.20. The molecule has 5 aromatic rings. The van der Waals surface area contributed by atoms with Gasteiger partial charge in [-0.05, 0) is 33.4 Å². The van der Waals surface area contributed by atoms with E-state index >= 15 is 0 Å². The van der Waals surface area contributed by atoms with Gasteiger partial charge < -0.3 is 5.11 Å². The van der Waals surface area contributed by atoms with Gasteiger partial charge in [0.2, 0.25) is 0 Å². The molecule has 0 aliphatic heterocycles. The van der Waals surface area contributed by atoms with Crippen LogP contribution in [0.3, 0.4) is 0 Å². The van der Waals surface area contributed by atoms with Crippen molar-refractivity contribution < 1.29 is 5.11 Å². The molecule has 1 nitrogen and oxygen atoms in total. The van der Waals surface area contributed by atoms with E-state index in [4.69, 9.17) is 0 Å². The van der Waals surface area contributed by atoms with E-state index in [9.17, 15) is 5.11 Å². The molecule has 36 heavy (non-hydrogen) atoms. The van der Waals surface area contributed by atoms with Crippen molar-refractivity contribution in [2.45, 2.75) is 17.4 Å². The zero-order valence-corrected chi connectivity index (χ0v) is 20.0. The van der Waals surface area contributed by atoms with Crippen LogP contribution in [0.5, 0.6) is 0 Å². The first-order valence-corrected chi connectivity index (χ1v) is 12.5. The minimum atomic E-state index is -1.24. The van der Waals surface area contributed by atoms with Crippen LogP contribution in [0.1, 0.15) is 39.7 Å². The minimum Gasteiger partial charge on any atom is -0.380 e. The fraction of sp³-hybridized carbons (Fsp3) is 0.0857. The number of hydrogen-bond donors (Lipinski definition) is 1. The highest BCUT2D eigenvalue weighted by Crippen LogP contribution is 2.64. The van der Waals surface area contributed by atoms with Crippen LogP contribution in [-0.2, 0) is 5.60 Å². The Balaban J connectivity index is 1.77. The molecule has 0 spiro atoms. The Morgan fingerprint density at radius 3 is 1.39 bits per heavy atom. The van der Waals surface area contributed by atoms with Crippen molar-refractivity contribution in [1.82, 2.24) is 0 Å². The first-order valence-electron chi connectivity index (χ1n) is 12.5. The van der Waals surface area contributed by atoms with Gasteiger partial charge in [-0.15, -0.1) is 0 Å². The van der Waals surface area contributed by atoms with Crippen LogP contribution >= 0.6 is 0 Å². The van der Waals surface area contributed by atoms with E-state index in [-0.39, 0.29) is 11.8 Å². The summed E-state index contributed by atoms with van der Waals surface area (Å²) in [7, 11) is 0. The molecule has 0 heterocycles. The van der Waals surface area contributed by atoms with Gasteiger partial charge in [0, 0.05) is 17.4 Å². The molecule has 0 saturated carbocycles. The molecule has 0 saturated heterocycles. The van der Waals surface area contributed by atoms with E-state index in [0.717, 1.165) is 27.8 Å². The Kier molecular flexibility index (Phi) is 5.85. The first-order chi connectivity index (χ1) is 17.8. The fourth-order valence-corrected chi connectivity index (χ4v) is 5.98. The maximum atomic E-state index is 13.2. The summed E-state index contributed by atoms with van der Waals surface area (Å²) in [6.45, 7) is 0. The van der Waals surface area contributed by atoms with E-state index in [0.29, 0.717) is 0 Å². The normalized spacial score (nSPS) is 21.5. The number of benzene rings is 5. The van der Waals surface area contributed by atoms with Crippen molar-refractivity contribution in [3.8, 4) is 0 Å². The highest BCUT2D eigenvalue weighted by atomic mass is 16.3. The van der Waals surface area contributed by atoms with Gasteiger partial charge in [-0.2, -0.15) is 0 Å². The third kappa shape index (κ3) is 3.69. The second kappa shape index (κ2) is 9.45. The lowest BCUT2D eigenvalue weighted by molar-refractivity contribution is 0.0728. The second-order valence-electron chi connectivity index (χ2n) is 9.43. The summed E-state index contributed by atoms with van der Waals surface area (Å²) in [6, 6.07) is 52.3. The van der Waals surface area contributed by atoms with E-state index in [1.807, 2.05) is 30.3 Å². The molecule has 0 amide bonds. The smallest absolute Gasteiger partial charge is 0.123 e. The standard InChI is InChI=1S/C35H28O/c36-35(30-24-14-5-15-25-30)33(28-20-10-3-11-21-28)31(26-16-6-1-7-17-26)32(27-18-8-2-9-19-27)34(35)29-22-12-4-13-23-29/h1-25,31,33,36H/t31-,33-,35+/m0/s1. The van der Waals surface area contributed by atoms with Crippen LogP contribution in [-0.4, -0.2) is 5.11 Å². The molecule has 1 aliphatic rings. The molecular formula is C35H28O. The predicted octanol–water partition coefficient (Wildman–Crippen LogP) is 8.07. The molecule has 0 bridgehead atoms. The van der Waals surface area contributed by atoms with Crippen molar-refractivity contribution in [1.29, 1.82) is 0 Å². The van der Waals surface area contributed by atoms with Crippen LogP contribution in [0.4, 0.5) is 0 Å².